The van der Waals surface area contributed by atoms with Crippen molar-refractivity contribution in [1.82, 2.24) is 0 Å². The smallest absolute Gasteiger partial charge is 0.233 e. The molecule has 0 fully saturated rings. The number of nitrogens with zero attached hydrogens (tertiary/aromatic N) is 1. The van der Waals surface area contributed by atoms with Crippen molar-refractivity contribution in [2.75, 3.05) is 4.31 Å². The first-order valence-electron chi connectivity index (χ1n) is 4.16. The van der Waals surface area contributed by atoms with Gasteiger partial charge in [-0.05, 0) is 18.1 Å². The average Bonchev–Trinajstić information content (AvgIpc) is 2.15. The number of para-hydroxylation sites is 1. The van der Waals surface area contributed by atoms with Crippen LogP contribution in [0.25, 0.3) is 0 Å². The van der Waals surface area contributed by atoms with Crippen LogP contribution in [0.4, 0.5) is 5.69 Å². The van der Waals surface area contributed by atoms with Gasteiger partial charge in [-0.1, -0.05) is 24.3 Å². The molecule has 0 unspecified atom stereocenters. The number of nitrogens with two attached hydrogens (primary N) is 1. The van der Waals surface area contributed by atoms with Crippen molar-refractivity contribution in [1.29, 1.82) is 0 Å². The van der Waals surface area contributed by atoms with E-state index in [2.05, 4.69) is 0 Å². The average molecular weight is 210 g/mol. The van der Waals surface area contributed by atoms with Gasteiger partial charge in [0.2, 0.25) is 0 Å². The lowest BCUT2D eigenvalue weighted by Gasteiger charge is -2.23. The molecule has 5 heteroatoms. The van der Waals surface area contributed by atoms with Crippen molar-refractivity contribution in [2.24, 2.45) is 5.14 Å². The second-order valence-corrected chi connectivity index (χ2v) is 4.48. The second kappa shape index (κ2) is 3.11. The van der Waals surface area contributed by atoms with Gasteiger partial charge in [0, 0.05) is 6.20 Å². The van der Waals surface area contributed by atoms with Gasteiger partial charge in [-0.3, -0.25) is 0 Å². The molecule has 0 bridgehead atoms. The topological polar surface area (TPSA) is 63.4 Å². The largest absolute Gasteiger partial charge is 0.302 e. The van der Waals surface area contributed by atoms with Gasteiger partial charge in [0.25, 0.3) is 0 Å². The van der Waals surface area contributed by atoms with Gasteiger partial charge in [0.15, 0.2) is 0 Å². The summed E-state index contributed by atoms with van der Waals surface area (Å²) in [7, 11) is -3.69. The molecular formula is C9H10N2O2S. The van der Waals surface area contributed by atoms with Crippen molar-refractivity contribution in [2.45, 2.75) is 6.42 Å². The van der Waals surface area contributed by atoms with Crippen LogP contribution in [0.5, 0.6) is 0 Å². The van der Waals surface area contributed by atoms with Crippen molar-refractivity contribution in [3.05, 3.63) is 42.1 Å². The molecule has 0 saturated heterocycles. The molecule has 1 aliphatic rings. The minimum absolute atomic E-state index is 0.637. The summed E-state index contributed by atoms with van der Waals surface area (Å²) >= 11 is 0. The highest BCUT2D eigenvalue weighted by molar-refractivity contribution is 7.90. The molecule has 0 spiro atoms. The number of benzene rings is 1. The van der Waals surface area contributed by atoms with E-state index in [-0.39, 0.29) is 0 Å². The Morgan fingerprint density at radius 1 is 1.29 bits per heavy atom. The number of rotatable bonds is 1. The SMILES string of the molecule is NS(=O)(=O)N1C=CCc2ccccc21. The van der Waals surface area contributed by atoms with E-state index in [1.54, 1.807) is 18.2 Å². The van der Waals surface area contributed by atoms with E-state index in [0.29, 0.717) is 5.69 Å². The molecule has 0 amide bonds. The third kappa shape index (κ3) is 1.51. The van der Waals surface area contributed by atoms with E-state index in [9.17, 15) is 8.42 Å². The lowest BCUT2D eigenvalue weighted by molar-refractivity contribution is 0.597. The number of fused-ring (bicyclic) bond motifs is 1. The normalized spacial score (nSPS) is 15.4. The van der Waals surface area contributed by atoms with Crippen LogP contribution in [-0.4, -0.2) is 8.42 Å². The molecule has 0 aliphatic carbocycles. The Bertz CT molecular complexity index is 479. The maximum absolute atomic E-state index is 11.2. The third-order valence-corrected chi connectivity index (χ3v) is 2.95. The van der Waals surface area contributed by atoms with Crippen molar-refractivity contribution in [3.63, 3.8) is 0 Å². The molecule has 0 aromatic heterocycles. The number of hydrogen-bond donors (Lipinski definition) is 1. The monoisotopic (exact) mass is 210 g/mol. The van der Waals surface area contributed by atoms with Gasteiger partial charge in [0.1, 0.15) is 0 Å². The lowest BCUT2D eigenvalue weighted by Crippen LogP contribution is -2.34. The molecule has 1 aliphatic heterocycles. The minimum atomic E-state index is -3.69. The Labute approximate surface area is 82.8 Å². The molecule has 74 valence electrons. The molecule has 14 heavy (non-hydrogen) atoms. The van der Waals surface area contributed by atoms with Gasteiger partial charge in [-0.2, -0.15) is 8.42 Å². The van der Waals surface area contributed by atoms with E-state index in [1.165, 1.54) is 6.20 Å². The molecule has 1 aromatic carbocycles. The first-order chi connectivity index (χ1) is 6.59. The fourth-order valence-electron chi connectivity index (χ4n) is 1.48. The van der Waals surface area contributed by atoms with Crippen LogP contribution in [0.2, 0.25) is 0 Å². The summed E-state index contributed by atoms with van der Waals surface area (Å²) in [5, 5.41) is 5.07. The molecule has 0 radical (unpaired) electrons. The quantitative estimate of drug-likeness (QED) is 0.744. The number of anilines is 1. The highest BCUT2D eigenvalue weighted by atomic mass is 32.2. The predicted octanol–water partition coefficient (Wildman–Crippen LogP) is 0.766. The fraction of sp³-hybridized carbons (Fsp3) is 0.111. The van der Waals surface area contributed by atoms with E-state index < -0.39 is 10.2 Å². The van der Waals surface area contributed by atoms with E-state index >= 15 is 0 Å². The van der Waals surface area contributed by atoms with E-state index in [4.69, 9.17) is 5.14 Å². The van der Waals surface area contributed by atoms with Crippen LogP contribution < -0.4 is 9.44 Å². The van der Waals surface area contributed by atoms with Crippen LogP contribution in [0.15, 0.2) is 36.5 Å². The standard InChI is InChI=1S/C9H10N2O2S/c10-14(12,13)11-7-3-5-8-4-1-2-6-9(8)11/h1-4,6-7H,5H2,(H2,10,12,13). The highest BCUT2D eigenvalue weighted by Gasteiger charge is 2.20. The first-order valence-corrected chi connectivity index (χ1v) is 5.66. The maximum Gasteiger partial charge on any atom is 0.302 e. The Morgan fingerprint density at radius 2 is 2.00 bits per heavy atom. The van der Waals surface area contributed by atoms with Gasteiger partial charge in [-0.25, -0.2) is 9.44 Å². The predicted molar refractivity (Wildman–Crippen MR) is 54.9 cm³/mol. The van der Waals surface area contributed by atoms with Gasteiger partial charge >= 0.3 is 10.2 Å². The van der Waals surface area contributed by atoms with Gasteiger partial charge < -0.3 is 0 Å². The zero-order valence-corrected chi connectivity index (χ0v) is 8.24. The van der Waals surface area contributed by atoms with Crippen LogP contribution in [0.1, 0.15) is 5.56 Å². The van der Waals surface area contributed by atoms with Gasteiger partial charge in [0.05, 0.1) is 5.69 Å². The molecule has 0 atom stereocenters. The van der Waals surface area contributed by atoms with E-state index in [0.717, 1.165) is 16.3 Å². The molecule has 2 rings (SSSR count). The summed E-state index contributed by atoms with van der Waals surface area (Å²) in [6.07, 6.45) is 3.99. The number of allylic oxidation sites excluding steroid dienone is 1. The molecular weight excluding hydrogens is 200 g/mol. The lowest BCUT2D eigenvalue weighted by atomic mass is 10.1. The molecule has 1 heterocycles. The minimum Gasteiger partial charge on any atom is -0.233 e. The fourth-order valence-corrected chi connectivity index (χ4v) is 2.18. The summed E-state index contributed by atoms with van der Waals surface area (Å²) < 4.78 is 23.5. The van der Waals surface area contributed by atoms with Crippen molar-refractivity contribution >= 4 is 15.9 Å². The summed E-state index contributed by atoms with van der Waals surface area (Å²) in [5.41, 5.74) is 1.60. The molecule has 4 nitrogen and oxygen atoms in total. The van der Waals surface area contributed by atoms with Crippen LogP contribution in [0, 0.1) is 0 Å². The Kier molecular flexibility index (Phi) is 2.05. The summed E-state index contributed by atoms with van der Waals surface area (Å²) in [4.78, 5) is 0. The zero-order valence-electron chi connectivity index (χ0n) is 7.42. The van der Waals surface area contributed by atoms with Crippen LogP contribution in [-0.2, 0) is 16.6 Å². The Hall–Kier alpha value is -1.33. The highest BCUT2D eigenvalue weighted by Crippen LogP contribution is 2.26. The first kappa shape index (κ1) is 9.23. The summed E-state index contributed by atoms with van der Waals surface area (Å²) in [5.74, 6) is 0. The maximum atomic E-state index is 11.2. The molecule has 2 N–H and O–H groups in total. The molecule has 1 aromatic rings. The molecule has 0 saturated carbocycles. The number of hydrogen-bond acceptors (Lipinski definition) is 2. The Morgan fingerprint density at radius 3 is 2.71 bits per heavy atom. The van der Waals surface area contributed by atoms with Gasteiger partial charge in [-0.15, -0.1) is 0 Å². The van der Waals surface area contributed by atoms with Crippen LogP contribution >= 0.6 is 0 Å². The van der Waals surface area contributed by atoms with Crippen LogP contribution in [0.3, 0.4) is 0 Å². The zero-order chi connectivity index (χ0) is 10.2. The van der Waals surface area contributed by atoms with E-state index in [1.807, 2.05) is 12.1 Å². The summed E-state index contributed by atoms with van der Waals surface area (Å²) in [6, 6.07) is 7.29. The Balaban J connectivity index is 2.57. The van der Waals surface area contributed by atoms with Crippen molar-refractivity contribution < 1.29 is 8.42 Å². The van der Waals surface area contributed by atoms with Crippen molar-refractivity contribution in [3.8, 4) is 0 Å². The second-order valence-electron chi connectivity index (χ2n) is 3.06. The third-order valence-electron chi connectivity index (χ3n) is 2.08. The summed E-state index contributed by atoms with van der Waals surface area (Å²) in [6.45, 7) is 0.